The van der Waals surface area contributed by atoms with Crippen LogP contribution < -0.4 is 9.30 Å². The van der Waals surface area contributed by atoms with E-state index in [2.05, 4.69) is 0 Å². The smallest absolute Gasteiger partial charge is 0.256 e. The van der Waals surface area contributed by atoms with Crippen molar-refractivity contribution in [2.75, 3.05) is 7.11 Å². The summed E-state index contributed by atoms with van der Waals surface area (Å²) in [6, 6.07) is 3.53. The molecule has 130 valence electrons. The normalized spacial score (nSPS) is 32.6. The predicted molar refractivity (Wildman–Crippen MR) is 87.6 cm³/mol. The number of phenols is 1. The van der Waals surface area contributed by atoms with E-state index in [4.69, 9.17) is 9.47 Å². The lowest BCUT2D eigenvalue weighted by Crippen LogP contribution is -2.61. The number of aliphatic hydroxyl groups is 1. The van der Waals surface area contributed by atoms with Crippen LogP contribution in [0.3, 0.4) is 0 Å². The van der Waals surface area contributed by atoms with Crippen LogP contribution >= 0.6 is 0 Å². The van der Waals surface area contributed by atoms with Crippen LogP contribution in [-0.2, 0) is 17.2 Å². The molecule has 0 amide bonds. The summed E-state index contributed by atoms with van der Waals surface area (Å²) in [7, 11) is 3.36. The van der Waals surface area contributed by atoms with E-state index in [0.717, 1.165) is 16.3 Å². The number of ketones is 1. The SMILES string of the molecule is CO[C@]12C[C@@]3(CC[C@H]1O)CC(=O)c1c4c3c(c(O)cc4cc[n+]1C)O2. The molecular weight excluding hydrogens is 322 g/mol. The zero-order valence-corrected chi connectivity index (χ0v) is 14.2. The first-order valence-corrected chi connectivity index (χ1v) is 8.55. The number of aliphatic hydroxyl groups excluding tert-OH is 1. The topological polar surface area (TPSA) is 79.9 Å². The molecule has 0 saturated heterocycles. The Hall–Kier alpha value is -2.18. The largest absolute Gasteiger partial charge is 0.504 e. The van der Waals surface area contributed by atoms with Gasteiger partial charge >= 0.3 is 0 Å². The molecule has 2 heterocycles. The number of benzene rings is 1. The third kappa shape index (κ3) is 1.66. The Balaban J connectivity index is 1.94. The molecule has 3 atom stereocenters. The Morgan fingerprint density at radius 1 is 1.44 bits per heavy atom. The van der Waals surface area contributed by atoms with Crippen LogP contribution in [0.15, 0.2) is 18.3 Å². The highest BCUT2D eigenvalue weighted by molar-refractivity contribution is 6.11. The Labute approximate surface area is 144 Å². The second kappa shape index (κ2) is 4.51. The average Bonchev–Trinajstić information content (AvgIpc) is 2.59. The quantitative estimate of drug-likeness (QED) is 0.768. The van der Waals surface area contributed by atoms with Gasteiger partial charge in [-0.2, -0.15) is 4.57 Å². The second-order valence-corrected chi connectivity index (χ2v) is 7.57. The van der Waals surface area contributed by atoms with Crippen LogP contribution in [0.25, 0.3) is 10.8 Å². The van der Waals surface area contributed by atoms with Crippen LogP contribution in [0.1, 0.15) is 41.7 Å². The van der Waals surface area contributed by atoms with E-state index in [9.17, 15) is 15.0 Å². The van der Waals surface area contributed by atoms with Crippen LogP contribution in [-0.4, -0.2) is 35.0 Å². The van der Waals surface area contributed by atoms with Crippen molar-refractivity contribution in [1.29, 1.82) is 0 Å². The Bertz CT molecular complexity index is 955. The fraction of sp³-hybridized carbons (Fsp3) is 0.474. The summed E-state index contributed by atoms with van der Waals surface area (Å²) in [4.78, 5) is 13.0. The molecule has 3 aliphatic rings. The molecule has 1 saturated carbocycles. The lowest BCUT2D eigenvalue weighted by Gasteiger charge is -2.54. The van der Waals surface area contributed by atoms with Crippen molar-refractivity contribution >= 4 is 16.6 Å². The monoisotopic (exact) mass is 342 g/mol. The summed E-state index contributed by atoms with van der Waals surface area (Å²) in [5.74, 6) is -0.762. The fourth-order valence-corrected chi connectivity index (χ4v) is 5.13. The molecule has 1 aliphatic heterocycles. The minimum absolute atomic E-state index is 0.0243. The van der Waals surface area contributed by atoms with E-state index in [-0.39, 0.29) is 11.5 Å². The van der Waals surface area contributed by atoms with Crippen molar-refractivity contribution in [3.63, 3.8) is 0 Å². The summed E-state index contributed by atoms with van der Waals surface area (Å²) in [6.07, 6.45) is 2.95. The average molecular weight is 342 g/mol. The van der Waals surface area contributed by atoms with Gasteiger partial charge in [-0.3, -0.25) is 4.79 Å². The Morgan fingerprint density at radius 2 is 2.24 bits per heavy atom. The maximum absolute atomic E-state index is 13.0. The molecule has 1 spiro atoms. The standard InChI is InChI=1S/C19H19NO5/c1-20-6-4-10-7-11(21)17-15-14(10)16(20)12(22)8-18(15)5-3-13(23)19(9-18,24-2)25-17/h4,6-7,13,23H,3,5,8-9H2,1-2H3/p+1/t13-,18-,19+/m1/s1. The lowest BCUT2D eigenvalue weighted by molar-refractivity contribution is -0.672. The van der Waals surface area contributed by atoms with Crippen molar-refractivity contribution in [3.05, 3.63) is 29.6 Å². The first-order chi connectivity index (χ1) is 11.9. The van der Waals surface area contributed by atoms with Crippen molar-refractivity contribution in [3.8, 4) is 11.5 Å². The number of rotatable bonds is 1. The third-order valence-electron chi connectivity index (χ3n) is 6.26. The van der Waals surface area contributed by atoms with Gasteiger partial charge in [0.2, 0.25) is 11.6 Å². The van der Waals surface area contributed by atoms with Gasteiger partial charge in [0, 0.05) is 37.0 Å². The number of aromatic nitrogens is 1. The molecule has 1 aromatic carbocycles. The summed E-state index contributed by atoms with van der Waals surface area (Å²) < 4.78 is 13.5. The third-order valence-corrected chi connectivity index (χ3v) is 6.26. The minimum atomic E-state index is -1.22. The number of Topliss-reactive ketones (excluding diaryl/α,β-unsaturated/α-hetero) is 1. The highest BCUT2D eigenvalue weighted by Crippen LogP contribution is 2.60. The van der Waals surface area contributed by atoms with E-state index in [0.29, 0.717) is 37.1 Å². The summed E-state index contributed by atoms with van der Waals surface area (Å²) in [5.41, 5.74) is 1.07. The molecular formula is C19H20NO5+. The molecule has 1 fully saturated rings. The number of methoxy groups -OCH3 is 1. The molecule has 6 nitrogen and oxygen atoms in total. The molecule has 2 bridgehead atoms. The van der Waals surface area contributed by atoms with E-state index in [1.807, 2.05) is 23.9 Å². The van der Waals surface area contributed by atoms with Gasteiger partial charge in [0.25, 0.3) is 5.69 Å². The predicted octanol–water partition coefficient (Wildman–Crippen LogP) is 1.47. The lowest BCUT2D eigenvalue weighted by atomic mass is 9.59. The van der Waals surface area contributed by atoms with Crippen LogP contribution in [0.4, 0.5) is 0 Å². The number of nitrogens with zero attached hydrogens (tertiary/aromatic N) is 1. The number of hydrogen-bond acceptors (Lipinski definition) is 5. The number of phenolic OH excluding ortho intramolecular Hbond substituents is 1. The number of carbonyl (C=O) groups is 1. The van der Waals surface area contributed by atoms with Gasteiger partial charge in [0.1, 0.15) is 13.2 Å². The molecule has 0 radical (unpaired) electrons. The van der Waals surface area contributed by atoms with Crippen molar-refractivity contribution in [2.24, 2.45) is 7.05 Å². The number of pyridine rings is 1. The van der Waals surface area contributed by atoms with Gasteiger partial charge in [0.15, 0.2) is 17.7 Å². The van der Waals surface area contributed by atoms with Gasteiger partial charge in [-0.1, -0.05) is 0 Å². The van der Waals surface area contributed by atoms with Gasteiger partial charge < -0.3 is 19.7 Å². The molecule has 2 N–H and O–H groups in total. The zero-order valence-electron chi connectivity index (χ0n) is 14.2. The number of aryl methyl sites for hydroxylation is 1. The van der Waals surface area contributed by atoms with Gasteiger partial charge in [-0.15, -0.1) is 0 Å². The molecule has 6 heteroatoms. The van der Waals surface area contributed by atoms with Crippen molar-refractivity contribution < 1.29 is 29.0 Å². The van der Waals surface area contributed by atoms with Gasteiger partial charge in [0.05, 0.1) is 5.39 Å². The fourth-order valence-electron chi connectivity index (χ4n) is 5.13. The Kier molecular flexibility index (Phi) is 2.72. The number of fused-ring (bicyclic) bond motifs is 1. The number of carbonyl (C=O) groups excluding carboxylic acids is 1. The highest BCUT2D eigenvalue weighted by atomic mass is 16.7. The maximum Gasteiger partial charge on any atom is 0.256 e. The Morgan fingerprint density at radius 3 is 3.00 bits per heavy atom. The van der Waals surface area contributed by atoms with Gasteiger partial charge in [-0.05, 0) is 24.3 Å². The van der Waals surface area contributed by atoms with E-state index in [1.165, 1.54) is 7.11 Å². The molecule has 5 rings (SSSR count). The van der Waals surface area contributed by atoms with Gasteiger partial charge in [-0.25, -0.2) is 0 Å². The first-order valence-electron chi connectivity index (χ1n) is 8.55. The van der Waals surface area contributed by atoms with Crippen LogP contribution in [0.5, 0.6) is 11.5 Å². The maximum atomic E-state index is 13.0. The summed E-state index contributed by atoms with van der Waals surface area (Å²) >= 11 is 0. The van der Waals surface area contributed by atoms with Crippen molar-refractivity contribution in [2.45, 2.75) is 43.0 Å². The highest BCUT2D eigenvalue weighted by Gasteiger charge is 2.61. The van der Waals surface area contributed by atoms with E-state index >= 15 is 0 Å². The van der Waals surface area contributed by atoms with Crippen LogP contribution in [0.2, 0.25) is 0 Å². The summed E-state index contributed by atoms with van der Waals surface area (Å²) in [5, 5.41) is 22.8. The molecule has 2 aliphatic carbocycles. The molecule has 25 heavy (non-hydrogen) atoms. The number of hydrogen-bond donors (Lipinski definition) is 2. The van der Waals surface area contributed by atoms with Crippen LogP contribution in [0, 0.1) is 0 Å². The summed E-state index contributed by atoms with van der Waals surface area (Å²) in [6.45, 7) is 0. The zero-order chi connectivity index (χ0) is 17.6. The molecule has 2 aromatic rings. The van der Waals surface area contributed by atoms with Crippen molar-refractivity contribution in [1.82, 2.24) is 0 Å². The first kappa shape index (κ1) is 15.1. The second-order valence-electron chi connectivity index (χ2n) is 7.57. The van der Waals surface area contributed by atoms with E-state index < -0.39 is 17.3 Å². The minimum Gasteiger partial charge on any atom is -0.504 e. The number of aromatic hydroxyl groups is 1. The van der Waals surface area contributed by atoms with E-state index in [1.54, 1.807) is 6.07 Å². The molecule has 0 unspecified atom stereocenters. The number of ether oxygens (including phenoxy) is 2. The molecule has 1 aromatic heterocycles.